The number of hydrogen-bond donors (Lipinski definition) is 3. The highest BCUT2D eigenvalue weighted by Crippen LogP contribution is 2.28. The van der Waals surface area contributed by atoms with Crippen molar-refractivity contribution in [1.82, 2.24) is 9.97 Å². The molecule has 0 fully saturated rings. The van der Waals surface area contributed by atoms with E-state index in [4.69, 9.17) is 10.6 Å². The third-order valence-corrected chi connectivity index (χ3v) is 3.45. The summed E-state index contributed by atoms with van der Waals surface area (Å²) in [6.45, 7) is 0.698. The first kappa shape index (κ1) is 13.9. The molecular formula is C11H17N5O2S. The molecule has 2 aromatic heterocycles. The summed E-state index contributed by atoms with van der Waals surface area (Å²) in [6, 6.07) is 1.95. The summed E-state index contributed by atoms with van der Waals surface area (Å²) in [7, 11) is 3.42. The number of anilines is 2. The lowest BCUT2D eigenvalue weighted by atomic mass is 10.3. The van der Waals surface area contributed by atoms with Crippen LogP contribution in [0.2, 0.25) is 0 Å². The van der Waals surface area contributed by atoms with Crippen LogP contribution in [0.5, 0.6) is 0 Å². The summed E-state index contributed by atoms with van der Waals surface area (Å²) in [5.74, 6) is 6.46. The topological polar surface area (TPSA) is 96.5 Å². The highest BCUT2D eigenvalue weighted by molar-refractivity contribution is 7.16. The van der Waals surface area contributed by atoms with Gasteiger partial charge in [0.05, 0.1) is 18.1 Å². The predicted octanol–water partition coefficient (Wildman–Crippen LogP) is 0.420. The van der Waals surface area contributed by atoms with Gasteiger partial charge in [0.15, 0.2) is 0 Å². The monoisotopic (exact) mass is 283 g/mol. The number of hydrazine groups is 1. The number of ether oxygens (including phenoxy) is 1. The van der Waals surface area contributed by atoms with Crippen LogP contribution >= 0.6 is 11.3 Å². The molecule has 0 saturated carbocycles. The molecule has 0 bridgehead atoms. The number of nitrogens with one attached hydrogen (secondary N) is 1. The second-order valence-electron chi connectivity index (χ2n) is 4.14. The van der Waals surface area contributed by atoms with Crippen molar-refractivity contribution < 1.29 is 9.84 Å². The number of nitrogen functional groups attached to an aromatic ring is 1. The standard InChI is InChI=1S/C11H17N5O2S/c1-16(5-7(17)6-18-2)9-8-3-4-19-10(8)14-11(13-9)15-12/h3-4,7,17H,5-6,12H2,1-2H3,(H,13,14,15). The Balaban J connectivity index is 2.29. The van der Waals surface area contributed by atoms with Crippen molar-refractivity contribution in [3.63, 3.8) is 0 Å². The van der Waals surface area contributed by atoms with Crippen molar-refractivity contribution in [2.75, 3.05) is 37.6 Å². The molecule has 104 valence electrons. The first-order valence-corrected chi connectivity index (χ1v) is 6.63. The quantitative estimate of drug-likeness (QED) is 0.522. The van der Waals surface area contributed by atoms with Crippen LogP contribution in [0.15, 0.2) is 11.4 Å². The van der Waals surface area contributed by atoms with Crippen LogP contribution < -0.4 is 16.2 Å². The molecule has 2 heterocycles. The number of nitrogens with zero attached hydrogens (tertiary/aromatic N) is 3. The molecule has 19 heavy (non-hydrogen) atoms. The highest BCUT2D eigenvalue weighted by Gasteiger charge is 2.15. The van der Waals surface area contributed by atoms with Gasteiger partial charge in [-0.05, 0) is 11.4 Å². The Bertz CT molecular complexity index is 547. The number of fused-ring (bicyclic) bond motifs is 1. The van der Waals surface area contributed by atoms with E-state index in [-0.39, 0.29) is 6.61 Å². The van der Waals surface area contributed by atoms with Crippen molar-refractivity contribution in [1.29, 1.82) is 0 Å². The minimum absolute atomic E-state index is 0.282. The zero-order valence-electron chi connectivity index (χ0n) is 10.8. The van der Waals surface area contributed by atoms with Gasteiger partial charge in [0.2, 0.25) is 5.95 Å². The number of thiophene rings is 1. The van der Waals surface area contributed by atoms with Gasteiger partial charge in [0.25, 0.3) is 0 Å². The maximum absolute atomic E-state index is 9.78. The minimum atomic E-state index is -0.576. The van der Waals surface area contributed by atoms with Gasteiger partial charge in [-0.2, -0.15) is 4.98 Å². The average Bonchev–Trinajstić information content (AvgIpc) is 2.85. The van der Waals surface area contributed by atoms with E-state index in [1.165, 1.54) is 11.3 Å². The van der Waals surface area contributed by atoms with Crippen LogP contribution in [-0.4, -0.2) is 48.5 Å². The van der Waals surface area contributed by atoms with Gasteiger partial charge in [-0.3, -0.25) is 5.43 Å². The zero-order valence-corrected chi connectivity index (χ0v) is 11.6. The highest BCUT2D eigenvalue weighted by atomic mass is 32.1. The van der Waals surface area contributed by atoms with Crippen LogP contribution in [0.25, 0.3) is 10.2 Å². The molecule has 0 saturated heterocycles. The first-order chi connectivity index (χ1) is 9.15. The van der Waals surface area contributed by atoms with Gasteiger partial charge in [-0.15, -0.1) is 11.3 Å². The molecule has 4 N–H and O–H groups in total. The largest absolute Gasteiger partial charge is 0.389 e. The number of aliphatic hydroxyl groups is 1. The summed E-state index contributed by atoms with van der Waals surface area (Å²) in [5, 5.41) is 12.7. The third-order valence-electron chi connectivity index (χ3n) is 2.64. The molecular weight excluding hydrogens is 266 g/mol. The molecule has 2 aromatic rings. The van der Waals surface area contributed by atoms with E-state index in [1.807, 2.05) is 23.4 Å². The van der Waals surface area contributed by atoms with E-state index in [0.29, 0.717) is 12.5 Å². The molecule has 0 aliphatic carbocycles. The fourth-order valence-corrected chi connectivity index (χ4v) is 2.60. The fraction of sp³-hybridized carbons (Fsp3) is 0.455. The van der Waals surface area contributed by atoms with Crippen molar-refractivity contribution in [3.8, 4) is 0 Å². The fourth-order valence-electron chi connectivity index (χ4n) is 1.84. The van der Waals surface area contributed by atoms with Crippen molar-refractivity contribution in [2.24, 2.45) is 5.84 Å². The number of rotatable bonds is 6. The average molecular weight is 283 g/mol. The number of aromatic nitrogens is 2. The summed E-state index contributed by atoms with van der Waals surface area (Å²) in [6.07, 6.45) is -0.576. The molecule has 0 amide bonds. The number of nitrogens with two attached hydrogens (primary N) is 1. The van der Waals surface area contributed by atoms with Gasteiger partial charge in [-0.25, -0.2) is 10.8 Å². The lowest BCUT2D eigenvalue weighted by Crippen LogP contribution is -2.32. The van der Waals surface area contributed by atoms with Crippen molar-refractivity contribution in [3.05, 3.63) is 11.4 Å². The van der Waals surface area contributed by atoms with Crippen LogP contribution in [0.1, 0.15) is 0 Å². The molecule has 0 aliphatic rings. The molecule has 7 nitrogen and oxygen atoms in total. The van der Waals surface area contributed by atoms with E-state index in [0.717, 1.165) is 16.0 Å². The van der Waals surface area contributed by atoms with E-state index < -0.39 is 6.10 Å². The lowest BCUT2D eigenvalue weighted by Gasteiger charge is -2.22. The second-order valence-corrected chi connectivity index (χ2v) is 5.04. The van der Waals surface area contributed by atoms with Crippen LogP contribution in [0.4, 0.5) is 11.8 Å². The lowest BCUT2D eigenvalue weighted by molar-refractivity contribution is 0.0694. The van der Waals surface area contributed by atoms with Gasteiger partial charge in [0, 0.05) is 20.7 Å². The Hall–Kier alpha value is -1.48. The Morgan fingerprint density at radius 2 is 2.37 bits per heavy atom. The summed E-state index contributed by atoms with van der Waals surface area (Å²) in [4.78, 5) is 11.3. The molecule has 8 heteroatoms. The third kappa shape index (κ3) is 3.10. The van der Waals surface area contributed by atoms with Crippen LogP contribution in [0.3, 0.4) is 0 Å². The molecule has 1 atom stereocenters. The normalized spacial score (nSPS) is 12.6. The van der Waals surface area contributed by atoms with Gasteiger partial charge in [-0.1, -0.05) is 0 Å². The number of likely N-dealkylation sites (N-methyl/N-ethyl adjacent to an activating group) is 1. The van der Waals surface area contributed by atoms with E-state index in [2.05, 4.69) is 15.4 Å². The molecule has 1 unspecified atom stereocenters. The Kier molecular flexibility index (Phi) is 4.48. The molecule has 0 aromatic carbocycles. The Labute approximate surface area is 115 Å². The molecule has 0 aliphatic heterocycles. The van der Waals surface area contributed by atoms with Crippen molar-refractivity contribution >= 4 is 33.3 Å². The maximum atomic E-state index is 9.78. The summed E-state index contributed by atoms with van der Waals surface area (Å²) in [5.41, 5.74) is 2.45. The predicted molar refractivity (Wildman–Crippen MR) is 76.4 cm³/mol. The second kappa shape index (κ2) is 6.11. The van der Waals surface area contributed by atoms with Gasteiger partial charge >= 0.3 is 0 Å². The van der Waals surface area contributed by atoms with Gasteiger partial charge in [0.1, 0.15) is 10.6 Å². The zero-order chi connectivity index (χ0) is 13.8. The number of hydrogen-bond acceptors (Lipinski definition) is 8. The Morgan fingerprint density at radius 3 is 3.05 bits per heavy atom. The van der Waals surface area contributed by atoms with Crippen LogP contribution in [0, 0.1) is 0 Å². The minimum Gasteiger partial charge on any atom is -0.389 e. The Morgan fingerprint density at radius 1 is 1.58 bits per heavy atom. The number of methoxy groups -OCH3 is 1. The molecule has 0 spiro atoms. The van der Waals surface area contributed by atoms with E-state index >= 15 is 0 Å². The van der Waals surface area contributed by atoms with E-state index in [9.17, 15) is 5.11 Å². The van der Waals surface area contributed by atoms with Crippen molar-refractivity contribution in [2.45, 2.75) is 6.10 Å². The molecule has 0 radical (unpaired) electrons. The summed E-state index contributed by atoms with van der Waals surface area (Å²) < 4.78 is 4.92. The number of aliphatic hydroxyl groups excluding tert-OH is 1. The molecule has 2 rings (SSSR count). The van der Waals surface area contributed by atoms with Gasteiger partial charge < -0.3 is 14.7 Å². The smallest absolute Gasteiger partial charge is 0.240 e. The van der Waals surface area contributed by atoms with E-state index in [1.54, 1.807) is 7.11 Å². The SMILES string of the molecule is COCC(O)CN(C)c1nc(NN)nc2sccc12. The summed E-state index contributed by atoms with van der Waals surface area (Å²) >= 11 is 1.52. The van der Waals surface area contributed by atoms with Crippen LogP contribution in [-0.2, 0) is 4.74 Å². The maximum Gasteiger partial charge on any atom is 0.240 e. The first-order valence-electron chi connectivity index (χ1n) is 5.75.